The molecular weight excluding hydrogens is 467 g/mol. The summed E-state index contributed by atoms with van der Waals surface area (Å²) in [5.74, 6) is -1.94. The summed E-state index contributed by atoms with van der Waals surface area (Å²) >= 11 is 0.986. The van der Waals surface area contributed by atoms with E-state index in [0.29, 0.717) is 27.0 Å². The lowest BCUT2D eigenvalue weighted by Gasteiger charge is -2.12. The van der Waals surface area contributed by atoms with Crippen LogP contribution in [0.25, 0.3) is 21.3 Å². The molecule has 0 radical (unpaired) electrons. The number of fused-ring (bicyclic) bond motifs is 1. The number of pyridine rings is 1. The Morgan fingerprint density at radius 1 is 1.26 bits per heavy atom. The van der Waals surface area contributed by atoms with Gasteiger partial charge in [0, 0.05) is 24.1 Å². The van der Waals surface area contributed by atoms with E-state index in [4.69, 9.17) is 5.14 Å². The molecule has 1 aromatic carbocycles. The molecule has 166 valence electrons. The van der Waals surface area contributed by atoms with Crippen LogP contribution in [0.15, 0.2) is 30.5 Å². The van der Waals surface area contributed by atoms with Crippen molar-refractivity contribution in [2.45, 2.75) is 12.2 Å². The SMILES string of the molecule is Cc1cc(-c2ccc3nc(C(C(=O)NCCS(N)(=O)=O)S(C)(=O)=O)sc3c2)c(F)cn1. The number of nitrogens with zero attached hydrogens (tertiary/aromatic N) is 2. The number of aryl methyl sites for hydroxylation is 1. The molecule has 0 aliphatic heterocycles. The Balaban J connectivity index is 1.97. The third-order valence-corrected chi connectivity index (χ3v) is 7.58. The molecule has 1 unspecified atom stereocenters. The summed E-state index contributed by atoms with van der Waals surface area (Å²) in [6, 6.07) is 6.51. The number of hydrogen-bond donors (Lipinski definition) is 2. The highest BCUT2D eigenvalue weighted by molar-refractivity contribution is 7.91. The van der Waals surface area contributed by atoms with Crippen LogP contribution in [0.3, 0.4) is 0 Å². The van der Waals surface area contributed by atoms with E-state index >= 15 is 0 Å². The number of carbonyl (C=O) groups excluding carboxylic acids is 1. The number of sulfonamides is 1. The summed E-state index contributed by atoms with van der Waals surface area (Å²) < 4.78 is 61.4. The largest absolute Gasteiger partial charge is 0.354 e. The standard InChI is InChI=1S/C18H19FN4O5S3/c1-10-7-12(13(19)9-22-10)11-3-4-14-15(8-11)29-18(23-14)16(30(2,25)26)17(24)21-5-6-31(20,27)28/h3-4,7-9,16H,5-6H2,1-2H3,(H,21,24)(H2,20,27,28). The number of primary sulfonamides is 1. The van der Waals surface area contributed by atoms with Crippen LogP contribution in [0.5, 0.6) is 0 Å². The van der Waals surface area contributed by atoms with Crippen molar-refractivity contribution < 1.29 is 26.0 Å². The van der Waals surface area contributed by atoms with Crippen LogP contribution in [-0.2, 0) is 24.7 Å². The number of hydrogen-bond acceptors (Lipinski definition) is 8. The molecule has 1 atom stereocenters. The topological polar surface area (TPSA) is 149 Å². The second-order valence-corrected chi connectivity index (χ2v) is 11.8. The molecule has 0 aliphatic carbocycles. The first-order chi connectivity index (χ1) is 14.3. The van der Waals surface area contributed by atoms with Gasteiger partial charge in [0.15, 0.2) is 15.1 Å². The van der Waals surface area contributed by atoms with Crippen molar-refractivity contribution in [1.82, 2.24) is 15.3 Å². The minimum absolute atomic E-state index is 0.0223. The molecule has 0 saturated carbocycles. The molecule has 0 fully saturated rings. The van der Waals surface area contributed by atoms with Gasteiger partial charge < -0.3 is 5.32 Å². The lowest BCUT2D eigenvalue weighted by atomic mass is 10.1. The number of thiazole rings is 1. The maximum atomic E-state index is 14.2. The summed E-state index contributed by atoms with van der Waals surface area (Å²) in [5, 5.41) is 5.57. The summed E-state index contributed by atoms with van der Waals surface area (Å²) in [6.45, 7) is 1.40. The van der Waals surface area contributed by atoms with Crippen molar-refractivity contribution in [3.8, 4) is 11.1 Å². The molecule has 3 rings (SSSR count). The average Bonchev–Trinajstić information content (AvgIpc) is 3.03. The zero-order valence-corrected chi connectivity index (χ0v) is 18.9. The van der Waals surface area contributed by atoms with Gasteiger partial charge in [0.2, 0.25) is 15.9 Å². The van der Waals surface area contributed by atoms with E-state index < -0.39 is 42.6 Å². The first kappa shape index (κ1) is 23.2. The third-order valence-electron chi connectivity index (χ3n) is 4.28. The Kier molecular flexibility index (Phi) is 6.41. The summed E-state index contributed by atoms with van der Waals surface area (Å²) in [6.07, 6.45) is 2.02. The molecule has 31 heavy (non-hydrogen) atoms. The lowest BCUT2D eigenvalue weighted by Crippen LogP contribution is -2.37. The molecule has 2 heterocycles. The molecule has 1 amide bonds. The van der Waals surface area contributed by atoms with Gasteiger partial charge in [0.1, 0.15) is 10.8 Å². The first-order valence-corrected chi connectivity index (χ1v) is 13.3. The van der Waals surface area contributed by atoms with Crippen LogP contribution < -0.4 is 10.5 Å². The highest BCUT2D eigenvalue weighted by Gasteiger charge is 2.34. The van der Waals surface area contributed by atoms with Crippen LogP contribution in [-0.4, -0.2) is 51.3 Å². The van der Waals surface area contributed by atoms with Crippen molar-refractivity contribution in [1.29, 1.82) is 0 Å². The molecule has 0 spiro atoms. The lowest BCUT2D eigenvalue weighted by molar-refractivity contribution is -0.120. The van der Waals surface area contributed by atoms with Gasteiger partial charge in [-0.15, -0.1) is 11.3 Å². The predicted octanol–water partition coefficient (Wildman–Crippen LogP) is 1.30. The van der Waals surface area contributed by atoms with Crippen LogP contribution in [0, 0.1) is 12.7 Å². The summed E-state index contributed by atoms with van der Waals surface area (Å²) in [7, 11) is -7.73. The Bertz CT molecular complexity index is 1370. The first-order valence-electron chi connectivity index (χ1n) is 8.85. The summed E-state index contributed by atoms with van der Waals surface area (Å²) in [4.78, 5) is 20.7. The molecule has 13 heteroatoms. The van der Waals surface area contributed by atoms with Crippen molar-refractivity contribution in [2.75, 3.05) is 18.6 Å². The van der Waals surface area contributed by atoms with E-state index in [1.165, 1.54) is 0 Å². The monoisotopic (exact) mass is 486 g/mol. The second-order valence-electron chi connectivity index (χ2n) is 6.91. The zero-order chi connectivity index (χ0) is 23.0. The predicted molar refractivity (Wildman–Crippen MR) is 116 cm³/mol. The van der Waals surface area contributed by atoms with E-state index in [-0.39, 0.29) is 11.6 Å². The normalized spacial score (nSPS) is 13.3. The number of halogens is 1. The van der Waals surface area contributed by atoms with E-state index in [9.17, 15) is 26.0 Å². The number of amides is 1. The van der Waals surface area contributed by atoms with Gasteiger partial charge in [-0.3, -0.25) is 9.78 Å². The van der Waals surface area contributed by atoms with Gasteiger partial charge >= 0.3 is 0 Å². The van der Waals surface area contributed by atoms with E-state index in [1.54, 1.807) is 31.2 Å². The van der Waals surface area contributed by atoms with Crippen molar-refractivity contribution in [3.05, 3.63) is 47.0 Å². The van der Waals surface area contributed by atoms with Gasteiger partial charge in [0.25, 0.3) is 0 Å². The highest BCUT2D eigenvalue weighted by atomic mass is 32.2. The molecule has 3 aromatic rings. The van der Waals surface area contributed by atoms with Crippen LogP contribution in [0.4, 0.5) is 4.39 Å². The number of carbonyl (C=O) groups is 1. The molecule has 3 N–H and O–H groups in total. The molecule has 2 aromatic heterocycles. The number of rotatable bonds is 7. The van der Waals surface area contributed by atoms with Gasteiger partial charge in [-0.1, -0.05) is 6.07 Å². The Labute approximate surface area is 182 Å². The number of benzene rings is 1. The van der Waals surface area contributed by atoms with Crippen molar-refractivity contribution in [3.63, 3.8) is 0 Å². The number of nitrogens with one attached hydrogen (secondary N) is 1. The van der Waals surface area contributed by atoms with Crippen LogP contribution in [0.1, 0.15) is 16.0 Å². The van der Waals surface area contributed by atoms with Crippen LogP contribution >= 0.6 is 11.3 Å². The van der Waals surface area contributed by atoms with Crippen molar-refractivity contribution >= 4 is 47.3 Å². The van der Waals surface area contributed by atoms with Crippen LogP contribution in [0.2, 0.25) is 0 Å². The van der Waals surface area contributed by atoms with Gasteiger partial charge in [0.05, 0.1) is 22.2 Å². The van der Waals surface area contributed by atoms with E-state index in [0.717, 1.165) is 23.8 Å². The zero-order valence-electron chi connectivity index (χ0n) is 16.5. The maximum Gasteiger partial charge on any atom is 0.245 e. The fourth-order valence-corrected chi connectivity index (χ4v) is 5.82. The van der Waals surface area contributed by atoms with E-state index in [1.807, 2.05) is 0 Å². The minimum atomic E-state index is -3.92. The number of aromatic nitrogens is 2. The third kappa shape index (κ3) is 5.61. The highest BCUT2D eigenvalue weighted by Crippen LogP contribution is 2.34. The van der Waals surface area contributed by atoms with Gasteiger partial charge in [-0.25, -0.2) is 31.3 Å². The molecule has 0 aliphatic rings. The fraction of sp³-hybridized carbons (Fsp3) is 0.278. The number of nitrogens with two attached hydrogens (primary N) is 1. The number of sulfone groups is 1. The van der Waals surface area contributed by atoms with E-state index in [2.05, 4.69) is 15.3 Å². The molecule has 0 bridgehead atoms. The molecule has 0 saturated heterocycles. The second kappa shape index (κ2) is 8.57. The van der Waals surface area contributed by atoms with Gasteiger partial charge in [-0.05, 0) is 30.7 Å². The Morgan fingerprint density at radius 2 is 1.97 bits per heavy atom. The van der Waals surface area contributed by atoms with Crippen molar-refractivity contribution in [2.24, 2.45) is 5.14 Å². The average molecular weight is 487 g/mol. The summed E-state index contributed by atoms with van der Waals surface area (Å²) in [5.41, 5.74) is 1.97. The minimum Gasteiger partial charge on any atom is -0.354 e. The smallest absolute Gasteiger partial charge is 0.245 e. The molecular formula is C18H19FN4O5S3. The Hall–Kier alpha value is -2.48. The Morgan fingerprint density at radius 3 is 2.61 bits per heavy atom. The maximum absolute atomic E-state index is 14.2. The quantitative estimate of drug-likeness (QED) is 0.511. The molecule has 9 nitrogen and oxygen atoms in total. The fourth-order valence-electron chi connectivity index (χ4n) is 2.89. The van der Waals surface area contributed by atoms with Gasteiger partial charge in [-0.2, -0.15) is 0 Å².